The van der Waals surface area contributed by atoms with Gasteiger partial charge < -0.3 is 19.7 Å². The van der Waals surface area contributed by atoms with Crippen LogP contribution in [-0.4, -0.2) is 40.7 Å². The number of aliphatic hydroxyl groups is 1. The summed E-state index contributed by atoms with van der Waals surface area (Å²) >= 11 is 0. The van der Waals surface area contributed by atoms with Crippen LogP contribution in [0.4, 0.5) is 5.82 Å². The van der Waals surface area contributed by atoms with E-state index < -0.39 is 0 Å². The number of nitrogens with zero attached hydrogens (tertiary/aromatic N) is 3. The highest BCUT2D eigenvalue weighted by Crippen LogP contribution is 2.28. The molecule has 108 valence electrons. The molecule has 0 saturated carbocycles. The van der Waals surface area contributed by atoms with E-state index in [4.69, 9.17) is 4.98 Å². The van der Waals surface area contributed by atoms with Gasteiger partial charge in [0, 0.05) is 19.3 Å². The number of piperidine rings is 1. The van der Waals surface area contributed by atoms with E-state index in [1.165, 1.54) is 18.5 Å². The lowest BCUT2D eigenvalue weighted by Gasteiger charge is -2.35. The first-order valence-electron chi connectivity index (χ1n) is 7.33. The van der Waals surface area contributed by atoms with Crippen molar-refractivity contribution in [1.82, 2.24) is 14.7 Å². The van der Waals surface area contributed by atoms with Crippen LogP contribution in [0.1, 0.15) is 25.0 Å². The van der Waals surface area contributed by atoms with Crippen molar-refractivity contribution in [1.29, 1.82) is 0 Å². The smallest absolute Gasteiger partial charge is 0.152 e. The molecule has 1 unspecified atom stereocenters. The second-order valence-electron chi connectivity index (χ2n) is 5.37. The molecule has 3 heterocycles. The molecule has 20 heavy (non-hydrogen) atoms. The number of aliphatic hydroxyl groups excluding tert-OH is 1. The monoisotopic (exact) mass is 274 g/mol. The molecule has 0 radical (unpaired) electrons. The van der Waals surface area contributed by atoms with E-state index in [2.05, 4.69) is 20.8 Å². The van der Waals surface area contributed by atoms with Gasteiger partial charge in [-0.25, -0.2) is 4.98 Å². The molecule has 2 N–H and O–H groups in total. The molecule has 3 rings (SSSR count). The number of hydrogen-bond donors (Lipinski definition) is 2. The zero-order valence-electron chi connectivity index (χ0n) is 11.9. The van der Waals surface area contributed by atoms with Gasteiger partial charge in [0.2, 0.25) is 0 Å². The van der Waals surface area contributed by atoms with Crippen molar-refractivity contribution in [3.63, 3.8) is 0 Å². The minimum Gasteiger partial charge on any atom is -0.394 e. The Kier molecular flexibility index (Phi) is 3.89. The Bertz CT molecular complexity index is 580. The number of aromatic nitrogens is 2. The lowest BCUT2D eigenvalue weighted by atomic mass is 10.0. The molecule has 1 atom stereocenters. The Hall–Kier alpha value is -1.59. The van der Waals surface area contributed by atoms with Gasteiger partial charge in [-0.15, -0.1) is 0 Å². The van der Waals surface area contributed by atoms with Crippen LogP contribution in [0, 0.1) is 0 Å². The van der Waals surface area contributed by atoms with Crippen LogP contribution < -0.4 is 10.2 Å². The van der Waals surface area contributed by atoms with Crippen LogP contribution in [0.15, 0.2) is 24.4 Å². The molecule has 1 aliphatic rings. The lowest BCUT2D eigenvalue weighted by Crippen LogP contribution is -2.42. The average molecular weight is 274 g/mol. The molecule has 0 spiro atoms. The molecule has 5 heteroatoms. The van der Waals surface area contributed by atoms with E-state index in [-0.39, 0.29) is 12.6 Å². The van der Waals surface area contributed by atoms with Gasteiger partial charge in [0.25, 0.3) is 0 Å². The number of rotatable bonds is 4. The summed E-state index contributed by atoms with van der Waals surface area (Å²) in [7, 11) is 1.95. The summed E-state index contributed by atoms with van der Waals surface area (Å²) in [5.41, 5.74) is 2.14. The lowest BCUT2D eigenvalue weighted by molar-refractivity contribution is 0.239. The van der Waals surface area contributed by atoms with Gasteiger partial charge in [-0.1, -0.05) is 6.07 Å². The molecule has 1 fully saturated rings. The molecule has 0 bridgehead atoms. The van der Waals surface area contributed by atoms with Crippen molar-refractivity contribution in [2.75, 3.05) is 25.1 Å². The number of pyridine rings is 1. The molecule has 2 aromatic rings. The van der Waals surface area contributed by atoms with Gasteiger partial charge in [-0.2, -0.15) is 0 Å². The third-order valence-corrected chi connectivity index (χ3v) is 4.06. The van der Waals surface area contributed by atoms with Gasteiger partial charge in [0.15, 0.2) is 5.82 Å². The summed E-state index contributed by atoms with van der Waals surface area (Å²) in [6.45, 7) is 1.95. The Morgan fingerprint density at radius 2 is 2.30 bits per heavy atom. The van der Waals surface area contributed by atoms with Crippen molar-refractivity contribution < 1.29 is 5.11 Å². The molecular formula is C15H22N4O. The fourth-order valence-corrected chi connectivity index (χ4v) is 3.07. The standard InChI is InChI=1S/C15H22N4O/c1-16-10-13-15(17-14-7-3-5-9-19(13)14)18-8-4-2-6-12(18)11-20/h3,5,7,9,12,16,20H,2,4,6,8,10-11H2,1H3. The maximum absolute atomic E-state index is 9.63. The highest BCUT2D eigenvalue weighted by Gasteiger charge is 2.26. The Morgan fingerprint density at radius 1 is 1.40 bits per heavy atom. The topological polar surface area (TPSA) is 52.8 Å². The van der Waals surface area contributed by atoms with Crippen LogP contribution in [0.25, 0.3) is 5.65 Å². The highest BCUT2D eigenvalue weighted by molar-refractivity contribution is 5.56. The summed E-state index contributed by atoms with van der Waals surface area (Å²) in [4.78, 5) is 7.07. The number of nitrogens with one attached hydrogen (secondary N) is 1. The summed E-state index contributed by atoms with van der Waals surface area (Å²) < 4.78 is 2.13. The Morgan fingerprint density at radius 3 is 3.10 bits per heavy atom. The van der Waals surface area contributed by atoms with Crippen molar-refractivity contribution >= 4 is 11.5 Å². The highest BCUT2D eigenvalue weighted by atomic mass is 16.3. The zero-order valence-corrected chi connectivity index (χ0v) is 11.9. The van der Waals surface area contributed by atoms with Crippen molar-refractivity contribution in [3.8, 4) is 0 Å². The van der Waals surface area contributed by atoms with Crippen molar-refractivity contribution in [2.45, 2.75) is 31.8 Å². The molecule has 0 amide bonds. The van der Waals surface area contributed by atoms with Crippen LogP contribution in [-0.2, 0) is 6.54 Å². The van der Waals surface area contributed by atoms with E-state index in [0.29, 0.717) is 0 Å². The molecule has 0 aromatic carbocycles. The molecule has 5 nitrogen and oxygen atoms in total. The minimum absolute atomic E-state index is 0.198. The molecule has 2 aromatic heterocycles. The first-order chi connectivity index (χ1) is 9.85. The van der Waals surface area contributed by atoms with Gasteiger partial charge in [-0.05, 0) is 38.4 Å². The first-order valence-corrected chi connectivity index (χ1v) is 7.33. The summed E-state index contributed by atoms with van der Waals surface area (Å²) in [6.07, 6.45) is 5.46. The second kappa shape index (κ2) is 5.81. The number of fused-ring (bicyclic) bond motifs is 1. The fourth-order valence-electron chi connectivity index (χ4n) is 3.07. The van der Waals surface area contributed by atoms with E-state index >= 15 is 0 Å². The van der Waals surface area contributed by atoms with Crippen LogP contribution in [0.2, 0.25) is 0 Å². The average Bonchev–Trinajstić information content (AvgIpc) is 2.86. The van der Waals surface area contributed by atoms with Crippen LogP contribution >= 0.6 is 0 Å². The first kappa shape index (κ1) is 13.4. The largest absolute Gasteiger partial charge is 0.394 e. The summed E-state index contributed by atoms with van der Waals surface area (Å²) in [5.74, 6) is 1.02. The van der Waals surface area contributed by atoms with Crippen LogP contribution in [0.3, 0.4) is 0 Å². The Labute approximate surface area is 119 Å². The van der Waals surface area contributed by atoms with E-state index in [1.54, 1.807) is 0 Å². The van der Waals surface area contributed by atoms with Crippen molar-refractivity contribution in [3.05, 3.63) is 30.1 Å². The van der Waals surface area contributed by atoms with E-state index in [0.717, 1.165) is 31.0 Å². The molecular weight excluding hydrogens is 252 g/mol. The normalized spacial score (nSPS) is 19.7. The van der Waals surface area contributed by atoms with Gasteiger partial charge in [-0.3, -0.25) is 0 Å². The quantitative estimate of drug-likeness (QED) is 0.885. The fraction of sp³-hybridized carbons (Fsp3) is 0.533. The second-order valence-corrected chi connectivity index (χ2v) is 5.37. The molecule has 1 aliphatic heterocycles. The Balaban J connectivity index is 2.06. The third-order valence-electron chi connectivity index (χ3n) is 4.06. The van der Waals surface area contributed by atoms with Gasteiger partial charge >= 0.3 is 0 Å². The minimum atomic E-state index is 0.198. The maximum Gasteiger partial charge on any atom is 0.152 e. The van der Waals surface area contributed by atoms with Gasteiger partial charge in [0.1, 0.15) is 5.65 Å². The van der Waals surface area contributed by atoms with E-state index in [9.17, 15) is 5.11 Å². The SMILES string of the molecule is CNCc1c(N2CCCCC2CO)nc2ccccn12. The zero-order chi connectivity index (χ0) is 13.9. The summed E-state index contributed by atoms with van der Waals surface area (Å²) in [6, 6.07) is 6.26. The molecule has 1 saturated heterocycles. The number of hydrogen-bond acceptors (Lipinski definition) is 4. The number of anilines is 1. The number of imidazole rings is 1. The maximum atomic E-state index is 9.63. The predicted octanol–water partition coefficient (Wildman–Crippen LogP) is 1.40. The predicted molar refractivity (Wildman–Crippen MR) is 80.0 cm³/mol. The van der Waals surface area contributed by atoms with Gasteiger partial charge in [0.05, 0.1) is 18.3 Å². The summed E-state index contributed by atoms with van der Waals surface area (Å²) in [5, 5.41) is 12.9. The van der Waals surface area contributed by atoms with Crippen LogP contribution in [0.5, 0.6) is 0 Å². The molecule has 0 aliphatic carbocycles. The van der Waals surface area contributed by atoms with E-state index in [1.807, 2.05) is 25.2 Å². The third kappa shape index (κ3) is 2.27. The van der Waals surface area contributed by atoms with Crippen molar-refractivity contribution in [2.24, 2.45) is 0 Å².